The zero-order valence-electron chi connectivity index (χ0n) is 16.5. The topological polar surface area (TPSA) is 23.6 Å². The summed E-state index contributed by atoms with van der Waals surface area (Å²) >= 11 is 0. The molecule has 0 radical (unpaired) electrons. The molecule has 2 rings (SSSR count). The summed E-state index contributed by atoms with van der Waals surface area (Å²) in [5.74, 6) is 0.186. The van der Waals surface area contributed by atoms with E-state index in [0.29, 0.717) is 0 Å². The van der Waals surface area contributed by atoms with E-state index in [0.717, 1.165) is 38.2 Å². The SMILES string of the molecule is CC.CC.CCc1cc(C(=O)N2CCN(C)CC2)cc(C)c1C. The Morgan fingerprint density at radius 3 is 2.00 bits per heavy atom. The summed E-state index contributed by atoms with van der Waals surface area (Å²) in [4.78, 5) is 16.8. The molecule has 1 aromatic carbocycles. The summed E-state index contributed by atoms with van der Waals surface area (Å²) in [5, 5.41) is 0. The number of carbonyl (C=O) groups excluding carboxylic acids is 1. The molecule has 1 fully saturated rings. The average Bonchev–Trinajstić information content (AvgIpc) is 2.60. The molecule has 1 saturated heterocycles. The molecule has 1 aliphatic rings. The van der Waals surface area contributed by atoms with Gasteiger partial charge in [0.2, 0.25) is 0 Å². The number of amides is 1. The van der Waals surface area contributed by atoms with E-state index < -0.39 is 0 Å². The normalized spacial score (nSPS) is 14.3. The highest BCUT2D eigenvalue weighted by molar-refractivity contribution is 5.94. The zero-order valence-corrected chi connectivity index (χ0v) is 16.5. The summed E-state index contributed by atoms with van der Waals surface area (Å²) in [6.45, 7) is 18.0. The van der Waals surface area contributed by atoms with Crippen LogP contribution in [0.4, 0.5) is 0 Å². The molecular formula is C20H36N2O. The van der Waals surface area contributed by atoms with Crippen molar-refractivity contribution in [2.45, 2.75) is 54.9 Å². The van der Waals surface area contributed by atoms with E-state index >= 15 is 0 Å². The van der Waals surface area contributed by atoms with Crippen molar-refractivity contribution < 1.29 is 4.79 Å². The number of hydrogen-bond donors (Lipinski definition) is 0. The first-order chi connectivity index (χ1) is 11.0. The van der Waals surface area contributed by atoms with Crippen molar-refractivity contribution in [1.29, 1.82) is 0 Å². The molecule has 0 spiro atoms. The molecule has 132 valence electrons. The molecule has 1 amide bonds. The van der Waals surface area contributed by atoms with E-state index in [9.17, 15) is 4.79 Å². The lowest BCUT2D eigenvalue weighted by molar-refractivity contribution is 0.0664. The molecule has 0 atom stereocenters. The minimum absolute atomic E-state index is 0.186. The third-order valence-electron chi connectivity index (χ3n) is 4.19. The van der Waals surface area contributed by atoms with Crippen LogP contribution in [0.5, 0.6) is 0 Å². The van der Waals surface area contributed by atoms with Crippen LogP contribution in [0.2, 0.25) is 0 Å². The van der Waals surface area contributed by atoms with Gasteiger partial charge in [-0.15, -0.1) is 0 Å². The Kier molecular flexibility index (Phi) is 10.6. The number of rotatable bonds is 2. The molecule has 0 N–H and O–H groups in total. The van der Waals surface area contributed by atoms with Crippen LogP contribution < -0.4 is 0 Å². The van der Waals surface area contributed by atoms with Gasteiger partial charge < -0.3 is 9.80 Å². The second-order valence-electron chi connectivity index (χ2n) is 5.53. The Labute approximate surface area is 143 Å². The van der Waals surface area contributed by atoms with E-state index in [1.807, 2.05) is 38.7 Å². The molecule has 0 unspecified atom stereocenters. The summed E-state index contributed by atoms with van der Waals surface area (Å²) in [6.07, 6.45) is 0.983. The van der Waals surface area contributed by atoms with Crippen molar-refractivity contribution >= 4 is 5.91 Å². The van der Waals surface area contributed by atoms with Gasteiger partial charge in [-0.1, -0.05) is 34.6 Å². The Hall–Kier alpha value is -1.35. The number of hydrogen-bond acceptors (Lipinski definition) is 2. The summed E-state index contributed by atoms with van der Waals surface area (Å²) in [7, 11) is 2.10. The lowest BCUT2D eigenvalue weighted by atomic mass is 9.97. The fraction of sp³-hybridized carbons (Fsp3) is 0.650. The number of piperazine rings is 1. The first-order valence-corrected chi connectivity index (χ1v) is 9.11. The largest absolute Gasteiger partial charge is 0.336 e. The zero-order chi connectivity index (χ0) is 18.0. The van der Waals surface area contributed by atoms with Crippen LogP contribution in [-0.2, 0) is 6.42 Å². The van der Waals surface area contributed by atoms with Crippen LogP contribution in [0.15, 0.2) is 12.1 Å². The Morgan fingerprint density at radius 1 is 1.00 bits per heavy atom. The maximum Gasteiger partial charge on any atom is 0.253 e. The fourth-order valence-electron chi connectivity index (χ4n) is 2.62. The van der Waals surface area contributed by atoms with Crippen LogP contribution >= 0.6 is 0 Å². The van der Waals surface area contributed by atoms with Gasteiger partial charge in [0, 0.05) is 31.7 Å². The predicted octanol–water partition coefficient (Wildman–Crippen LogP) is 4.31. The highest BCUT2D eigenvalue weighted by Crippen LogP contribution is 2.18. The summed E-state index contributed by atoms with van der Waals surface area (Å²) < 4.78 is 0. The van der Waals surface area contributed by atoms with E-state index in [1.165, 1.54) is 16.7 Å². The summed E-state index contributed by atoms with van der Waals surface area (Å²) in [6, 6.07) is 4.11. The van der Waals surface area contributed by atoms with Crippen molar-refractivity contribution in [3.63, 3.8) is 0 Å². The lowest BCUT2D eigenvalue weighted by Crippen LogP contribution is -2.47. The molecule has 0 aliphatic carbocycles. The van der Waals surface area contributed by atoms with Gasteiger partial charge in [0.1, 0.15) is 0 Å². The monoisotopic (exact) mass is 320 g/mol. The first-order valence-electron chi connectivity index (χ1n) is 9.11. The van der Waals surface area contributed by atoms with Crippen LogP contribution in [0.25, 0.3) is 0 Å². The highest BCUT2D eigenvalue weighted by atomic mass is 16.2. The maximum absolute atomic E-state index is 12.5. The van der Waals surface area contributed by atoms with Gasteiger partial charge in [-0.05, 0) is 56.1 Å². The molecular weight excluding hydrogens is 284 g/mol. The minimum atomic E-state index is 0.186. The molecule has 0 aromatic heterocycles. The molecule has 0 bridgehead atoms. The number of nitrogens with zero attached hydrogens (tertiary/aromatic N) is 2. The third-order valence-corrected chi connectivity index (χ3v) is 4.19. The van der Waals surface area contributed by atoms with Crippen molar-refractivity contribution in [3.8, 4) is 0 Å². The Balaban J connectivity index is 0.00000112. The van der Waals surface area contributed by atoms with Gasteiger partial charge in [-0.3, -0.25) is 4.79 Å². The quantitative estimate of drug-likeness (QED) is 0.811. The molecule has 1 aromatic rings. The van der Waals surface area contributed by atoms with Crippen molar-refractivity contribution in [3.05, 3.63) is 34.4 Å². The van der Waals surface area contributed by atoms with E-state index in [4.69, 9.17) is 0 Å². The van der Waals surface area contributed by atoms with Gasteiger partial charge in [0.25, 0.3) is 5.91 Å². The van der Waals surface area contributed by atoms with E-state index in [2.05, 4.69) is 38.8 Å². The highest BCUT2D eigenvalue weighted by Gasteiger charge is 2.21. The molecule has 23 heavy (non-hydrogen) atoms. The summed E-state index contributed by atoms with van der Waals surface area (Å²) in [5.41, 5.74) is 4.68. The average molecular weight is 321 g/mol. The van der Waals surface area contributed by atoms with Gasteiger partial charge >= 0.3 is 0 Å². The Bertz CT molecular complexity index is 475. The minimum Gasteiger partial charge on any atom is -0.336 e. The van der Waals surface area contributed by atoms with Crippen LogP contribution in [0.3, 0.4) is 0 Å². The number of carbonyl (C=O) groups is 1. The van der Waals surface area contributed by atoms with E-state index in [-0.39, 0.29) is 5.91 Å². The number of likely N-dealkylation sites (N-methyl/N-ethyl adjacent to an activating group) is 1. The molecule has 1 aliphatic heterocycles. The second-order valence-corrected chi connectivity index (χ2v) is 5.53. The third kappa shape index (κ3) is 5.98. The molecule has 3 heteroatoms. The van der Waals surface area contributed by atoms with Gasteiger partial charge in [-0.25, -0.2) is 0 Å². The predicted molar refractivity (Wildman–Crippen MR) is 101 cm³/mol. The first kappa shape index (κ1) is 21.6. The molecule has 1 heterocycles. The fourth-order valence-corrected chi connectivity index (χ4v) is 2.62. The molecule has 0 saturated carbocycles. The van der Waals surface area contributed by atoms with Crippen LogP contribution in [0.1, 0.15) is 61.7 Å². The van der Waals surface area contributed by atoms with Gasteiger partial charge in [-0.2, -0.15) is 0 Å². The van der Waals surface area contributed by atoms with Crippen molar-refractivity contribution in [1.82, 2.24) is 9.80 Å². The van der Waals surface area contributed by atoms with Crippen LogP contribution in [0, 0.1) is 13.8 Å². The van der Waals surface area contributed by atoms with Crippen molar-refractivity contribution in [2.75, 3.05) is 33.2 Å². The maximum atomic E-state index is 12.5. The van der Waals surface area contributed by atoms with Crippen LogP contribution in [-0.4, -0.2) is 48.9 Å². The van der Waals surface area contributed by atoms with Crippen molar-refractivity contribution in [2.24, 2.45) is 0 Å². The molecule has 3 nitrogen and oxygen atoms in total. The van der Waals surface area contributed by atoms with Gasteiger partial charge in [0.15, 0.2) is 0 Å². The number of benzene rings is 1. The second kappa shape index (κ2) is 11.2. The smallest absolute Gasteiger partial charge is 0.253 e. The Morgan fingerprint density at radius 2 is 1.52 bits per heavy atom. The van der Waals surface area contributed by atoms with Gasteiger partial charge in [0.05, 0.1) is 0 Å². The lowest BCUT2D eigenvalue weighted by Gasteiger charge is -2.32. The van der Waals surface area contributed by atoms with E-state index in [1.54, 1.807) is 0 Å². The standard InChI is InChI=1S/C16H24N2O.2C2H6/c1-5-14-11-15(10-12(2)13(14)3)16(19)18-8-6-17(4)7-9-18;2*1-2/h10-11H,5-9H2,1-4H3;2*1-2H3. The number of aryl methyl sites for hydroxylation is 2.